The second kappa shape index (κ2) is 6.53. The maximum Gasteiger partial charge on any atom is 0.128 e. The lowest BCUT2D eigenvalue weighted by Crippen LogP contribution is -2.19. The first-order valence-electron chi connectivity index (χ1n) is 6.87. The lowest BCUT2D eigenvalue weighted by molar-refractivity contribution is 0.536. The molecule has 0 bridgehead atoms. The molecule has 1 N–H and O–H groups in total. The average molecular weight is 260 g/mol. The van der Waals surface area contributed by atoms with Crippen LogP contribution in [0, 0.1) is 5.82 Å². The van der Waals surface area contributed by atoms with E-state index in [0.29, 0.717) is 12.6 Å². The Labute approximate surface area is 114 Å². The number of halogens is 1. The number of nitrogens with one attached hydrogen (secondary N) is 1. The predicted molar refractivity (Wildman–Crippen MR) is 76.6 cm³/mol. The highest BCUT2D eigenvalue weighted by Crippen LogP contribution is 2.18. The van der Waals surface area contributed by atoms with Crippen LogP contribution < -0.4 is 5.32 Å². The molecule has 0 radical (unpaired) electrons. The summed E-state index contributed by atoms with van der Waals surface area (Å²) in [6.07, 6.45) is 5.17. The first kappa shape index (κ1) is 13.8. The van der Waals surface area contributed by atoms with Crippen LogP contribution in [0.25, 0.3) is 0 Å². The van der Waals surface area contributed by atoms with E-state index in [2.05, 4.69) is 31.4 Å². The quantitative estimate of drug-likeness (QED) is 0.837. The minimum absolute atomic E-state index is 0.142. The third-order valence-electron chi connectivity index (χ3n) is 3.35. The van der Waals surface area contributed by atoms with Gasteiger partial charge in [-0.3, -0.25) is 0 Å². The van der Waals surface area contributed by atoms with Crippen LogP contribution in [-0.4, -0.2) is 11.1 Å². The van der Waals surface area contributed by atoms with Crippen molar-refractivity contribution in [3.63, 3.8) is 0 Å². The van der Waals surface area contributed by atoms with Gasteiger partial charge in [-0.1, -0.05) is 32.0 Å². The van der Waals surface area contributed by atoms with Crippen molar-refractivity contribution in [2.45, 2.75) is 32.9 Å². The normalized spacial score (nSPS) is 12.6. The van der Waals surface area contributed by atoms with E-state index in [1.165, 1.54) is 11.6 Å². The molecule has 1 heterocycles. The van der Waals surface area contributed by atoms with Gasteiger partial charge in [0.15, 0.2) is 0 Å². The van der Waals surface area contributed by atoms with Gasteiger partial charge in [0.25, 0.3) is 0 Å². The molecule has 0 fully saturated rings. The van der Waals surface area contributed by atoms with Crippen molar-refractivity contribution >= 4 is 0 Å². The summed E-state index contributed by atoms with van der Waals surface area (Å²) in [6, 6.07) is 9.42. The van der Waals surface area contributed by atoms with Gasteiger partial charge in [0.05, 0.1) is 0 Å². The van der Waals surface area contributed by atoms with Crippen molar-refractivity contribution in [1.29, 1.82) is 0 Å². The van der Waals surface area contributed by atoms with Crippen LogP contribution >= 0.6 is 0 Å². The molecule has 0 aliphatic rings. The molecule has 0 aliphatic heterocycles. The molecule has 19 heavy (non-hydrogen) atoms. The molecular formula is C16H21FN2. The molecule has 1 unspecified atom stereocenters. The lowest BCUT2D eigenvalue weighted by Gasteiger charge is -2.14. The fourth-order valence-corrected chi connectivity index (χ4v) is 2.33. The summed E-state index contributed by atoms with van der Waals surface area (Å²) in [5.74, 6) is -0.142. The minimum atomic E-state index is -0.142. The van der Waals surface area contributed by atoms with Crippen LogP contribution in [0.1, 0.15) is 37.4 Å². The number of aromatic nitrogens is 1. The maximum absolute atomic E-state index is 13.6. The van der Waals surface area contributed by atoms with Crippen molar-refractivity contribution in [1.82, 2.24) is 9.88 Å². The molecule has 2 aromatic rings. The highest BCUT2D eigenvalue weighted by Gasteiger charge is 2.09. The predicted octanol–water partition coefficient (Wildman–Crippen LogP) is 3.74. The van der Waals surface area contributed by atoms with Gasteiger partial charge in [0.2, 0.25) is 0 Å². The Morgan fingerprint density at radius 3 is 2.68 bits per heavy atom. The summed E-state index contributed by atoms with van der Waals surface area (Å²) in [7, 11) is 0. The first-order chi connectivity index (χ1) is 9.24. The lowest BCUT2D eigenvalue weighted by atomic mass is 10.1. The van der Waals surface area contributed by atoms with E-state index in [0.717, 1.165) is 18.5 Å². The van der Waals surface area contributed by atoms with E-state index in [1.807, 2.05) is 22.9 Å². The molecule has 102 valence electrons. The number of rotatable bonds is 6. The fraction of sp³-hybridized carbons (Fsp3) is 0.375. The summed E-state index contributed by atoms with van der Waals surface area (Å²) >= 11 is 0. The fourth-order valence-electron chi connectivity index (χ4n) is 2.33. The number of nitrogens with zero attached hydrogens (tertiary/aromatic N) is 1. The maximum atomic E-state index is 13.6. The standard InChI is InChI=1S/C16H21FN2/c1-3-16(18-4-2)14-9-10-19(12-14)11-13-7-5-6-8-15(13)17/h5-10,12,16,18H,3-4,11H2,1-2H3. The molecule has 0 saturated heterocycles. The van der Waals surface area contributed by atoms with E-state index in [-0.39, 0.29) is 5.82 Å². The van der Waals surface area contributed by atoms with E-state index in [4.69, 9.17) is 0 Å². The van der Waals surface area contributed by atoms with Gasteiger partial charge in [-0.05, 0) is 30.7 Å². The number of benzene rings is 1. The summed E-state index contributed by atoms with van der Waals surface area (Å²) < 4.78 is 15.6. The van der Waals surface area contributed by atoms with Crippen molar-refractivity contribution in [2.75, 3.05) is 6.54 Å². The third kappa shape index (κ3) is 3.44. The Morgan fingerprint density at radius 2 is 2.00 bits per heavy atom. The SMILES string of the molecule is CCNC(CC)c1ccn(Cc2ccccc2F)c1. The molecule has 0 spiro atoms. The Morgan fingerprint density at radius 1 is 1.21 bits per heavy atom. The van der Waals surface area contributed by atoms with Crippen molar-refractivity contribution in [3.05, 3.63) is 59.7 Å². The Bertz CT molecular complexity index is 519. The van der Waals surface area contributed by atoms with Gasteiger partial charge in [-0.25, -0.2) is 4.39 Å². The van der Waals surface area contributed by atoms with Gasteiger partial charge < -0.3 is 9.88 Å². The number of hydrogen-bond donors (Lipinski definition) is 1. The van der Waals surface area contributed by atoms with E-state index in [9.17, 15) is 4.39 Å². The first-order valence-corrected chi connectivity index (χ1v) is 6.87. The Kier molecular flexibility index (Phi) is 4.74. The van der Waals surface area contributed by atoms with Crippen LogP contribution in [-0.2, 0) is 6.54 Å². The van der Waals surface area contributed by atoms with E-state index >= 15 is 0 Å². The Hall–Kier alpha value is -1.61. The molecule has 1 atom stereocenters. The van der Waals surface area contributed by atoms with Gasteiger partial charge in [-0.15, -0.1) is 0 Å². The van der Waals surface area contributed by atoms with Gasteiger partial charge in [0, 0.05) is 30.5 Å². The molecule has 1 aromatic carbocycles. The van der Waals surface area contributed by atoms with E-state index < -0.39 is 0 Å². The molecule has 0 amide bonds. The van der Waals surface area contributed by atoms with Crippen LogP contribution in [0.15, 0.2) is 42.7 Å². The minimum Gasteiger partial charge on any atom is -0.349 e. The van der Waals surface area contributed by atoms with Crippen LogP contribution in [0.2, 0.25) is 0 Å². The zero-order valence-electron chi connectivity index (χ0n) is 11.6. The van der Waals surface area contributed by atoms with Gasteiger partial charge in [0.1, 0.15) is 5.82 Å². The molecule has 0 saturated carbocycles. The highest BCUT2D eigenvalue weighted by atomic mass is 19.1. The van der Waals surface area contributed by atoms with Crippen LogP contribution in [0.5, 0.6) is 0 Å². The van der Waals surface area contributed by atoms with E-state index in [1.54, 1.807) is 6.07 Å². The molecule has 1 aromatic heterocycles. The molecule has 3 heteroatoms. The van der Waals surface area contributed by atoms with Gasteiger partial charge in [-0.2, -0.15) is 0 Å². The summed E-state index contributed by atoms with van der Waals surface area (Å²) in [6.45, 7) is 5.81. The summed E-state index contributed by atoms with van der Waals surface area (Å²) in [4.78, 5) is 0. The molecule has 0 aliphatic carbocycles. The second-order valence-electron chi connectivity index (χ2n) is 4.73. The third-order valence-corrected chi connectivity index (χ3v) is 3.35. The largest absolute Gasteiger partial charge is 0.349 e. The second-order valence-corrected chi connectivity index (χ2v) is 4.73. The summed E-state index contributed by atoms with van der Waals surface area (Å²) in [5, 5.41) is 3.45. The molecule has 2 rings (SSSR count). The smallest absolute Gasteiger partial charge is 0.128 e. The highest BCUT2D eigenvalue weighted by molar-refractivity contribution is 5.20. The monoisotopic (exact) mass is 260 g/mol. The molecular weight excluding hydrogens is 239 g/mol. The van der Waals surface area contributed by atoms with Crippen LogP contribution in [0.3, 0.4) is 0 Å². The Balaban J connectivity index is 2.11. The topological polar surface area (TPSA) is 17.0 Å². The average Bonchev–Trinajstić information content (AvgIpc) is 2.87. The van der Waals surface area contributed by atoms with Crippen molar-refractivity contribution in [2.24, 2.45) is 0 Å². The van der Waals surface area contributed by atoms with Crippen LogP contribution in [0.4, 0.5) is 4.39 Å². The molecule has 2 nitrogen and oxygen atoms in total. The number of hydrogen-bond acceptors (Lipinski definition) is 1. The van der Waals surface area contributed by atoms with Gasteiger partial charge >= 0.3 is 0 Å². The zero-order valence-corrected chi connectivity index (χ0v) is 11.6. The van der Waals surface area contributed by atoms with Crippen molar-refractivity contribution < 1.29 is 4.39 Å². The summed E-state index contributed by atoms with van der Waals surface area (Å²) in [5.41, 5.74) is 1.99. The van der Waals surface area contributed by atoms with Crippen molar-refractivity contribution in [3.8, 4) is 0 Å². The zero-order chi connectivity index (χ0) is 13.7.